The molecule has 2 aromatic rings. The second-order valence-corrected chi connectivity index (χ2v) is 5.23. The van der Waals surface area contributed by atoms with Crippen molar-refractivity contribution in [3.63, 3.8) is 0 Å². The van der Waals surface area contributed by atoms with Crippen LogP contribution in [0, 0.1) is 0 Å². The van der Waals surface area contributed by atoms with Crippen molar-refractivity contribution in [3.05, 3.63) is 64.7 Å². The molecule has 0 aliphatic rings. The highest BCUT2D eigenvalue weighted by Gasteiger charge is 2.12. The van der Waals surface area contributed by atoms with Crippen LogP contribution in [0.3, 0.4) is 0 Å². The Kier molecular flexibility index (Phi) is 4.64. The number of benzene rings is 2. The Balaban J connectivity index is 1.98. The number of nitrogens with one attached hydrogen (secondary N) is 1. The molecule has 0 heterocycles. The molecule has 20 heavy (non-hydrogen) atoms. The summed E-state index contributed by atoms with van der Waals surface area (Å²) in [5, 5.41) is 3.66. The van der Waals surface area contributed by atoms with Crippen LogP contribution in [-0.2, 0) is 6.42 Å². The molecule has 3 nitrogen and oxygen atoms in total. The van der Waals surface area contributed by atoms with Crippen LogP contribution in [0.2, 0.25) is 5.02 Å². The van der Waals surface area contributed by atoms with Crippen LogP contribution in [0.4, 0.5) is 5.69 Å². The first-order valence-electron chi connectivity index (χ1n) is 6.46. The highest BCUT2D eigenvalue weighted by atomic mass is 35.5. The van der Waals surface area contributed by atoms with Gasteiger partial charge in [-0.1, -0.05) is 35.9 Å². The molecule has 0 aliphatic heterocycles. The summed E-state index contributed by atoms with van der Waals surface area (Å²) >= 11 is 5.85. The average molecular weight is 289 g/mol. The number of halogens is 1. The second-order valence-electron chi connectivity index (χ2n) is 4.79. The Morgan fingerprint density at radius 3 is 2.50 bits per heavy atom. The number of para-hydroxylation sites is 1. The highest BCUT2D eigenvalue weighted by Crippen LogP contribution is 2.13. The SMILES string of the molecule is CC(Cc1ccc(Cl)cc1)NC(=O)c1ccccc1N. The topological polar surface area (TPSA) is 55.1 Å². The second kappa shape index (κ2) is 6.44. The van der Waals surface area contributed by atoms with Gasteiger partial charge >= 0.3 is 0 Å². The van der Waals surface area contributed by atoms with Crippen molar-refractivity contribution in [2.24, 2.45) is 0 Å². The minimum absolute atomic E-state index is 0.0169. The molecule has 0 saturated heterocycles. The first-order valence-corrected chi connectivity index (χ1v) is 6.84. The van der Waals surface area contributed by atoms with Crippen LogP contribution in [-0.4, -0.2) is 11.9 Å². The monoisotopic (exact) mass is 288 g/mol. The van der Waals surface area contributed by atoms with Gasteiger partial charge in [-0.3, -0.25) is 4.79 Å². The van der Waals surface area contributed by atoms with E-state index in [0.717, 1.165) is 12.0 Å². The van der Waals surface area contributed by atoms with Gasteiger partial charge in [0.05, 0.1) is 5.56 Å². The van der Waals surface area contributed by atoms with E-state index in [-0.39, 0.29) is 11.9 Å². The van der Waals surface area contributed by atoms with Gasteiger partial charge in [-0.05, 0) is 43.2 Å². The lowest BCUT2D eigenvalue weighted by atomic mass is 10.1. The first kappa shape index (κ1) is 14.4. The predicted octanol–water partition coefficient (Wildman–Crippen LogP) is 3.28. The Bertz CT molecular complexity index is 596. The average Bonchev–Trinajstić information content (AvgIpc) is 2.41. The summed E-state index contributed by atoms with van der Waals surface area (Å²) in [6.45, 7) is 1.96. The van der Waals surface area contributed by atoms with Crippen LogP contribution >= 0.6 is 11.6 Å². The first-order chi connectivity index (χ1) is 9.56. The maximum atomic E-state index is 12.1. The summed E-state index contributed by atoms with van der Waals surface area (Å²) in [5.41, 5.74) is 7.92. The van der Waals surface area contributed by atoms with Gasteiger partial charge < -0.3 is 11.1 Å². The molecule has 0 bridgehead atoms. The molecule has 1 amide bonds. The minimum atomic E-state index is -0.149. The number of amides is 1. The lowest BCUT2D eigenvalue weighted by Gasteiger charge is -2.15. The number of carbonyl (C=O) groups is 1. The molecule has 3 N–H and O–H groups in total. The van der Waals surface area contributed by atoms with E-state index in [9.17, 15) is 4.79 Å². The third-order valence-corrected chi connectivity index (χ3v) is 3.29. The quantitative estimate of drug-likeness (QED) is 0.848. The van der Waals surface area contributed by atoms with Crippen LogP contribution < -0.4 is 11.1 Å². The molecule has 0 saturated carbocycles. The van der Waals surface area contributed by atoms with Crippen molar-refractivity contribution in [1.82, 2.24) is 5.32 Å². The van der Waals surface area contributed by atoms with Gasteiger partial charge in [-0.2, -0.15) is 0 Å². The molecule has 0 aromatic heterocycles. The lowest BCUT2D eigenvalue weighted by Crippen LogP contribution is -2.34. The van der Waals surface area contributed by atoms with E-state index >= 15 is 0 Å². The van der Waals surface area contributed by atoms with E-state index in [1.165, 1.54) is 0 Å². The molecule has 0 fully saturated rings. The summed E-state index contributed by atoms with van der Waals surface area (Å²) in [7, 11) is 0. The van der Waals surface area contributed by atoms with Crippen molar-refractivity contribution in [2.45, 2.75) is 19.4 Å². The number of hydrogen-bond donors (Lipinski definition) is 2. The van der Waals surface area contributed by atoms with E-state index in [4.69, 9.17) is 17.3 Å². The fourth-order valence-corrected chi connectivity index (χ4v) is 2.16. The number of rotatable bonds is 4. The molecule has 0 radical (unpaired) electrons. The van der Waals surface area contributed by atoms with E-state index in [2.05, 4.69) is 5.32 Å². The van der Waals surface area contributed by atoms with Crippen molar-refractivity contribution >= 4 is 23.2 Å². The Morgan fingerprint density at radius 2 is 1.85 bits per heavy atom. The third kappa shape index (κ3) is 3.75. The molecule has 2 rings (SSSR count). The fourth-order valence-electron chi connectivity index (χ4n) is 2.03. The molecule has 0 aliphatic carbocycles. The summed E-state index contributed by atoms with van der Waals surface area (Å²) in [6, 6.07) is 14.7. The molecule has 104 valence electrons. The van der Waals surface area contributed by atoms with Gasteiger partial charge in [-0.15, -0.1) is 0 Å². The minimum Gasteiger partial charge on any atom is -0.398 e. The van der Waals surface area contributed by atoms with Crippen LogP contribution in [0.25, 0.3) is 0 Å². The predicted molar refractivity (Wildman–Crippen MR) is 82.9 cm³/mol. The van der Waals surface area contributed by atoms with Crippen LogP contribution in [0.15, 0.2) is 48.5 Å². The van der Waals surface area contributed by atoms with Crippen molar-refractivity contribution in [2.75, 3.05) is 5.73 Å². The fraction of sp³-hybridized carbons (Fsp3) is 0.188. The lowest BCUT2D eigenvalue weighted by molar-refractivity contribution is 0.0941. The van der Waals surface area contributed by atoms with Crippen LogP contribution in [0.1, 0.15) is 22.8 Å². The number of anilines is 1. The number of nitrogen functional groups attached to an aromatic ring is 1. The van der Waals surface area contributed by atoms with Gasteiger partial charge in [0.1, 0.15) is 0 Å². The third-order valence-electron chi connectivity index (χ3n) is 3.04. The summed E-state index contributed by atoms with van der Waals surface area (Å²) in [5.74, 6) is -0.149. The molecule has 2 aromatic carbocycles. The summed E-state index contributed by atoms with van der Waals surface area (Å²) < 4.78 is 0. The number of nitrogens with two attached hydrogens (primary N) is 1. The molecule has 4 heteroatoms. The Morgan fingerprint density at radius 1 is 1.20 bits per heavy atom. The zero-order valence-corrected chi connectivity index (χ0v) is 12.0. The molecule has 0 spiro atoms. The summed E-state index contributed by atoms with van der Waals surface area (Å²) in [4.78, 5) is 12.1. The van der Waals surface area contributed by atoms with Gasteiger partial charge in [-0.25, -0.2) is 0 Å². The number of carbonyl (C=O) groups excluding carboxylic acids is 1. The maximum absolute atomic E-state index is 12.1. The van der Waals surface area contributed by atoms with Crippen molar-refractivity contribution < 1.29 is 4.79 Å². The summed E-state index contributed by atoms with van der Waals surface area (Å²) in [6.07, 6.45) is 0.746. The molecular weight excluding hydrogens is 272 g/mol. The molecule has 1 atom stereocenters. The zero-order chi connectivity index (χ0) is 14.5. The van der Waals surface area contributed by atoms with E-state index in [1.54, 1.807) is 18.2 Å². The molecular formula is C16H17ClN2O. The number of hydrogen-bond acceptors (Lipinski definition) is 2. The van der Waals surface area contributed by atoms with Crippen molar-refractivity contribution in [3.8, 4) is 0 Å². The zero-order valence-electron chi connectivity index (χ0n) is 11.3. The van der Waals surface area contributed by atoms with E-state index < -0.39 is 0 Å². The normalized spacial score (nSPS) is 11.9. The highest BCUT2D eigenvalue weighted by molar-refractivity contribution is 6.30. The van der Waals surface area contributed by atoms with E-state index in [1.807, 2.05) is 37.3 Å². The van der Waals surface area contributed by atoms with Crippen molar-refractivity contribution in [1.29, 1.82) is 0 Å². The van der Waals surface area contributed by atoms with Gasteiger partial charge in [0.15, 0.2) is 0 Å². The van der Waals surface area contributed by atoms with Gasteiger partial charge in [0, 0.05) is 16.8 Å². The Labute approximate surface area is 123 Å². The van der Waals surface area contributed by atoms with Gasteiger partial charge in [0.2, 0.25) is 0 Å². The largest absolute Gasteiger partial charge is 0.398 e. The smallest absolute Gasteiger partial charge is 0.253 e. The Hall–Kier alpha value is -2.00. The standard InChI is InChI=1S/C16H17ClN2O/c1-11(10-12-6-8-13(17)9-7-12)19-16(20)14-4-2-3-5-15(14)18/h2-9,11H,10,18H2,1H3,(H,19,20). The maximum Gasteiger partial charge on any atom is 0.253 e. The molecule has 1 unspecified atom stereocenters. The van der Waals surface area contributed by atoms with Gasteiger partial charge in [0.25, 0.3) is 5.91 Å². The van der Waals surface area contributed by atoms with E-state index in [0.29, 0.717) is 16.3 Å². The van der Waals surface area contributed by atoms with Crippen LogP contribution in [0.5, 0.6) is 0 Å².